The molecule has 0 amide bonds. The molecule has 0 aliphatic heterocycles. The number of rotatable bonds is 0. The average Bonchev–Trinajstić information content (AvgIpc) is 3.71. The Bertz CT molecular complexity index is 1170. The number of fused-ring (bicyclic) bond motifs is 4. The Morgan fingerprint density at radius 1 is 0.932 bits per heavy atom. The Labute approximate surface area is 299 Å². The van der Waals surface area contributed by atoms with Gasteiger partial charge < -0.3 is 0 Å². The summed E-state index contributed by atoms with van der Waals surface area (Å²) in [5, 5.41) is 0. The molecule has 4 atom stereocenters. The summed E-state index contributed by atoms with van der Waals surface area (Å²) >= 11 is 1.58. The van der Waals surface area contributed by atoms with E-state index in [0.29, 0.717) is 5.41 Å². The van der Waals surface area contributed by atoms with Gasteiger partial charge in [0, 0.05) is 0 Å². The molecule has 0 spiro atoms. The molecule has 2 aromatic rings. The van der Waals surface area contributed by atoms with Gasteiger partial charge in [-0.2, -0.15) is 77.9 Å². The van der Waals surface area contributed by atoms with Gasteiger partial charge in [-0.05, 0) is 37.5 Å². The number of aryl methyl sites for hydroxylation is 2. The van der Waals surface area contributed by atoms with Crippen LogP contribution in [-0.2, 0) is 23.3 Å². The number of allylic oxidation sites excluding steroid dienone is 8. The fourth-order valence-electron chi connectivity index (χ4n) is 7.20. The van der Waals surface area contributed by atoms with E-state index in [9.17, 15) is 0 Å². The minimum atomic E-state index is 0. The summed E-state index contributed by atoms with van der Waals surface area (Å²) in [6.45, 7) is 16.0. The Morgan fingerprint density at radius 3 is 2.02 bits per heavy atom. The standard InChI is InChI=1S/C21H31.2C7H7.C5H5.2ClH.H2Si.Zr/c1-13-11-16-9-10-18-17-8-6-5-7-15(17)12-19(18)20(16)14(2)21(13,3)4;2*1-7-5-3-2-4-6-7;1-2-4-5-3-1;;;;/h7,13,16-18H,5-6,8-12H2,1-4H3;2*2-3,5-6H,1H3;1-3H,4H2;2*1H;1H2;/q4*-1;;;;. The molecule has 4 heteroatoms. The number of halogens is 2. The minimum absolute atomic E-state index is 0. The second-order valence-electron chi connectivity index (χ2n) is 13.0. The van der Waals surface area contributed by atoms with Crippen molar-refractivity contribution < 1.29 is 23.3 Å². The van der Waals surface area contributed by atoms with Crippen molar-refractivity contribution in [3.05, 3.63) is 125 Å². The molecule has 0 radical (unpaired) electrons. The molecule has 2 saturated carbocycles. The van der Waals surface area contributed by atoms with Crippen LogP contribution in [0.3, 0.4) is 0 Å². The monoisotopic (exact) mass is 722 g/mol. The van der Waals surface area contributed by atoms with E-state index >= 15 is 0 Å². The molecular formula is C40H54Cl2SiZr-4. The van der Waals surface area contributed by atoms with Crippen molar-refractivity contribution in [2.24, 2.45) is 29.1 Å². The fraction of sp³-hybridized carbons (Fsp3) is 0.475. The van der Waals surface area contributed by atoms with Crippen molar-refractivity contribution in [1.82, 2.24) is 0 Å². The van der Waals surface area contributed by atoms with Crippen LogP contribution in [0.25, 0.3) is 0 Å². The molecular weight excluding hydrogens is 671 g/mol. The van der Waals surface area contributed by atoms with E-state index in [1.807, 2.05) is 72.1 Å². The van der Waals surface area contributed by atoms with Crippen molar-refractivity contribution in [2.75, 3.05) is 0 Å². The van der Waals surface area contributed by atoms with Crippen molar-refractivity contribution in [3.63, 3.8) is 0 Å². The summed E-state index contributed by atoms with van der Waals surface area (Å²) in [5.41, 5.74) is 8.50. The van der Waals surface area contributed by atoms with Gasteiger partial charge in [0.2, 0.25) is 0 Å². The van der Waals surface area contributed by atoms with Crippen LogP contribution in [0.15, 0.2) is 89.6 Å². The summed E-state index contributed by atoms with van der Waals surface area (Å²) < 4.78 is 0. The zero-order chi connectivity index (χ0) is 30.5. The van der Waals surface area contributed by atoms with E-state index in [0.717, 1.165) is 30.1 Å². The third kappa shape index (κ3) is 11.3. The van der Waals surface area contributed by atoms with E-state index in [1.54, 1.807) is 29.3 Å². The van der Waals surface area contributed by atoms with Crippen LogP contribution in [0.5, 0.6) is 0 Å². The molecule has 7 rings (SSSR count). The predicted molar refractivity (Wildman–Crippen MR) is 194 cm³/mol. The molecule has 0 N–H and O–H groups in total. The van der Waals surface area contributed by atoms with Crippen molar-refractivity contribution in [2.45, 2.75) is 92.9 Å². The first-order chi connectivity index (χ1) is 20.3. The first kappa shape index (κ1) is 41.0. The molecule has 0 saturated heterocycles. The van der Waals surface area contributed by atoms with Crippen LogP contribution >= 0.6 is 24.8 Å². The van der Waals surface area contributed by atoms with Gasteiger partial charge in [0.25, 0.3) is 0 Å². The van der Waals surface area contributed by atoms with Crippen LogP contribution in [0.2, 0.25) is 0 Å². The first-order valence-corrected chi connectivity index (χ1v) is 21.9. The quantitative estimate of drug-likeness (QED) is 0.144. The van der Waals surface area contributed by atoms with Gasteiger partial charge in [0.1, 0.15) is 0 Å². The molecule has 240 valence electrons. The SMILES string of the molecule is C[C-]1C2=C3CC4=CCCCC4C3CCC2CC(C)C1(C)C.Cc1c[c-]ccc1.Cc1c[c-]ccc1.Cl.Cl.[C-]1=CC=CC1.[SiH2]=[Zr]. The van der Waals surface area contributed by atoms with Gasteiger partial charge in [0.05, 0.1) is 0 Å². The van der Waals surface area contributed by atoms with Crippen LogP contribution in [0, 0.1) is 67.1 Å². The Balaban J connectivity index is 0.000000346. The molecule has 0 bridgehead atoms. The Kier molecular flexibility index (Phi) is 19.5. The summed E-state index contributed by atoms with van der Waals surface area (Å²) in [7, 11) is 0. The van der Waals surface area contributed by atoms with E-state index in [2.05, 4.69) is 84.0 Å². The second-order valence-corrected chi connectivity index (χ2v) is 13.0. The van der Waals surface area contributed by atoms with E-state index in [4.69, 9.17) is 0 Å². The molecule has 0 nitrogen and oxygen atoms in total. The molecule has 5 aliphatic carbocycles. The molecule has 44 heavy (non-hydrogen) atoms. The van der Waals surface area contributed by atoms with Crippen LogP contribution in [0.4, 0.5) is 0 Å². The third-order valence-electron chi connectivity index (χ3n) is 10.1. The van der Waals surface area contributed by atoms with Crippen LogP contribution in [0.1, 0.15) is 90.2 Å². The van der Waals surface area contributed by atoms with Gasteiger partial charge in [-0.3, -0.25) is 6.08 Å². The van der Waals surface area contributed by atoms with E-state index < -0.39 is 0 Å². The Morgan fingerprint density at radius 2 is 1.57 bits per heavy atom. The zero-order valence-corrected chi connectivity index (χ0v) is 33.4. The number of benzene rings is 2. The van der Waals surface area contributed by atoms with Crippen LogP contribution in [-0.4, -0.2) is 6.88 Å². The zero-order valence-electron chi connectivity index (χ0n) is 27.9. The first-order valence-electron chi connectivity index (χ1n) is 16.0. The van der Waals surface area contributed by atoms with Crippen LogP contribution < -0.4 is 0 Å². The molecule has 2 aromatic carbocycles. The summed E-state index contributed by atoms with van der Waals surface area (Å²) in [5.74, 6) is 5.32. The van der Waals surface area contributed by atoms with E-state index in [-0.39, 0.29) is 24.8 Å². The molecule has 0 heterocycles. The molecule has 2 fully saturated rings. The van der Waals surface area contributed by atoms with Crippen molar-refractivity contribution in [3.8, 4) is 0 Å². The second kappa shape index (κ2) is 20.9. The van der Waals surface area contributed by atoms with Gasteiger partial charge in [0.15, 0.2) is 0 Å². The summed E-state index contributed by atoms with van der Waals surface area (Å²) in [6, 6.07) is 21.7. The maximum absolute atomic E-state index is 2.99. The average molecular weight is 725 g/mol. The molecule has 5 aliphatic rings. The number of hydrogen-bond acceptors (Lipinski definition) is 0. The molecule has 0 aromatic heterocycles. The van der Waals surface area contributed by atoms with Gasteiger partial charge in [-0.25, -0.2) is 29.2 Å². The maximum atomic E-state index is 2.99. The Hall–Kier alpha value is -1.05. The normalized spacial score (nSPS) is 24.6. The van der Waals surface area contributed by atoms with Gasteiger partial charge >= 0.3 is 30.2 Å². The van der Waals surface area contributed by atoms with E-state index in [1.165, 1.54) is 56.1 Å². The topological polar surface area (TPSA) is 0 Å². The van der Waals surface area contributed by atoms with Crippen molar-refractivity contribution >= 4 is 31.7 Å². The summed E-state index contributed by atoms with van der Waals surface area (Å²) in [4.78, 5) is 0. The summed E-state index contributed by atoms with van der Waals surface area (Å²) in [6.07, 6.45) is 22.6. The fourth-order valence-corrected chi connectivity index (χ4v) is 7.20. The predicted octanol–water partition coefficient (Wildman–Crippen LogP) is 10.9. The van der Waals surface area contributed by atoms with Gasteiger partial charge in [-0.1, -0.05) is 82.8 Å². The number of hydrogen-bond donors (Lipinski definition) is 0. The van der Waals surface area contributed by atoms with Crippen molar-refractivity contribution in [1.29, 1.82) is 0 Å². The third-order valence-corrected chi connectivity index (χ3v) is 10.1. The molecule has 4 unspecified atom stereocenters. The van der Waals surface area contributed by atoms with Gasteiger partial charge in [-0.15, -0.1) is 38.2 Å².